The minimum Gasteiger partial charge on any atom is -0.313 e. The molecule has 0 aliphatic rings. The Morgan fingerprint density at radius 3 is 2.82 bits per heavy atom. The Morgan fingerprint density at radius 2 is 2.27 bits per heavy atom. The van der Waals surface area contributed by atoms with Gasteiger partial charge in [0.25, 0.3) is 0 Å². The summed E-state index contributed by atoms with van der Waals surface area (Å²) >= 11 is 0. The van der Waals surface area contributed by atoms with Crippen molar-refractivity contribution in [3.63, 3.8) is 0 Å². The van der Waals surface area contributed by atoms with Crippen molar-refractivity contribution in [2.75, 3.05) is 0 Å². The average Bonchev–Trinajstić information content (AvgIpc) is 2.04. The Balaban J connectivity index is 3.57. The van der Waals surface area contributed by atoms with Gasteiger partial charge in [-0.2, -0.15) is 4.91 Å². The van der Waals surface area contributed by atoms with Crippen LogP contribution in [0.1, 0.15) is 13.3 Å². The van der Waals surface area contributed by atoms with Gasteiger partial charge in [-0.3, -0.25) is 0 Å². The van der Waals surface area contributed by atoms with Gasteiger partial charge in [-0.1, -0.05) is 29.5 Å². The molecule has 0 fully saturated rings. The molecular weight excluding hydrogens is 140 g/mol. The van der Waals surface area contributed by atoms with Crippen LogP contribution in [0.25, 0.3) is 0 Å². The zero-order chi connectivity index (χ0) is 8.53. The second-order valence-electron chi connectivity index (χ2n) is 2.10. The first-order valence-corrected chi connectivity index (χ1v) is 3.46. The lowest BCUT2D eigenvalue weighted by atomic mass is 10.3. The van der Waals surface area contributed by atoms with E-state index >= 15 is 0 Å². The molecule has 0 saturated carbocycles. The molecule has 1 N–H and O–H groups in total. The summed E-state index contributed by atoms with van der Waals surface area (Å²) in [6, 6.07) is -0.264. The van der Waals surface area contributed by atoms with Crippen LogP contribution in [0.4, 0.5) is 0 Å². The van der Waals surface area contributed by atoms with Crippen molar-refractivity contribution in [2.24, 2.45) is 5.18 Å². The fourth-order valence-electron chi connectivity index (χ4n) is 0.485. The molecule has 0 aliphatic carbocycles. The first-order valence-electron chi connectivity index (χ1n) is 3.46. The van der Waals surface area contributed by atoms with Crippen LogP contribution in [-0.2, 0) is 0 Å². The summed E-state index contributed by atoms with van der Waals surface area (Å²) in [6.07, 6.45) is 9.04. The Morgan fingerprint density at radius 1 is 1.55 bits per heavy atom. The number of nitrogens with zero attached hydrogens (tertiary/aromatic N) is 1. The minimum absolute atomic E-state index is 0.264. The lowest BCUT2D eigenvalue weighted by Gasteiger charge is -1.86. The molecule has 1 atom stereocenters. The standard InChI is InChI=1S/C8H12N2O/c1-8(10-11)6-4-2-3-5-7-9/h2-4,6-9H,5H2,1H3/b3-2-,6-4-,9-7?. The van der Waals surface area contributed by atoms with E-state index in [1.54, 1.807) is 25.2 Å². The molecule has 0 saturated heterocycles. The first kappa shape index (κ1) is 9.75. The van der Waals surface area contributed by atoms with E-state index < -0.39 is 0 Å². The fraction of sp³-hybridized carbons (Fsp3) is 0.375. The lowest BCUT2D eigenvalue weighted by Crippen LogP contribution is -1.86. The number of nitroso groups, excluding NO2 is 1. The third kappa shape index (κ3) is 6.64. The van der Waals surface area contributed by atoms with Crippen molar-refractivity contribution in [3.8, 4) is 0 Å². The van der Waals surface area contributed by atoms with E-state index in [0.29, 0.717) is 6.42 Å². The highest BCUT2D eigenvalue weighted by atomic mass is 16.3. The quantitative estimate of drug-likeness (QED) is 0.367. The topological polar surface area (TPSA) is 53.3 Å². The third-order valence-corrected chi connectivity index (χ3v) is 1.06. The summed E-state index contributed by atoms with van der Waals surface area (Å²) in [5.74, 6) is 0. The van der Waals surface area contributed by atoms with Gasteiger partial charge in [-0.15, -0.1) is 0 Å². The van der Waals surface area contributed by atoms with Crippen LogP contribution in [0.2, 0.25) is 0 Å². The molecule has 60 valence electrons. The normalized spacial score (nSPS) is 13.9. The Kier molecular flexibility index (Phi) is 6.08. The van der Waals surface area contributed by atoms with Gasteiger partial charge in [0.1, 0.15) is 6.04 Å². The SMILES string of the molecule is CC(/C=C\C=C/CC=N)N=O. The second kappa shape index (κ2) is 6.86. The molecule has 0 spiro atoms. The molecule has 0 bridgehead atoms. The van der Waals surface area contributed by atoms with E-state index in [1.807, 2.05) is 6.08 Å². The van der Waals surface area contributed by atoms with Gasteiger partial charge < -0.3 is 5.41 Å². The molecule has 0 aromatic carbocycles. The summed E-state index contributed by atoms with van der Waals surface area (Å²) in [5, 5.41) is 9.48. The van der Waals surface area contributed by atoms with Crippen molar-refractivity contribution in [1.82, 2.24) is 0 Å². The van der Waals surface area contributed by atoms with Crippen molar-refractivity contribution >= 4 is 6.21 Å². The van der Waals surface area contributed by atoms with E-state index in [4.69, 9.17) is 5.41 Å². The molecule has 0 rings (SSSR count). The Bertz CT molecular complexity index is 173. The number of hydrogen-bond donors (Lipinski definition) is 1. The summed E-state index contributed by atoms with van der Waals surface area (Å²) < 4.78 is 0. The molecule has 0 heterocycles. The van der Waals surface area contributed by atoms with Gasteiger partial charge in [-0.25, -0.2) is 0 Å². The molecule has 1 unspecified atom stereocenters. The lowest BCUT2D eigenvalue weighted by molar-refractivity contribution is 0.916. The van der Waals surface area contributed by atoms with Crippen LogP contribution in [0.15, 0.2) is 29.5 Å². The predicted molar refractivity (Wildman–Crippen MR) is 46.9 cm³/mol. The number of hydrogen-bond acceptors (Lipinski definition) is 3. The van der Waals surface area contributed by atoms with Crippen molar-refractivity contribution in [2.45, 2.75) is 19.4 Å². The highest BCUT2D eigenvalue weighted by Crippen LogP contribution is 1.90. The molecule has 11 heavy (non-hydrogen) atoms. The maximum Gasteiger partial charge on any atom is 0.107 e. The van der Waals surface area contributed by atoms with E-state index in [-0.39, 0.29) is 6.04 Å². The number of rotatable bonds is 5. The van der Waals surface area contributed by atoms with Crippen LogP contribution >= 0.6 is 0 Å². The highest BCUT2D eigenvalue weighted by Gasteiger charge is 1.88. The molecule has 0 radical (unpaired) electrons. The Hall–Kier alpha value is -1.25. The number of allylic oxidation sites excluding steroid dienone is 3. The smallest absolute Gasteiger partial charge is 0.107 e. The molecule has 0 amide bonds. The maximum absolute atomic E-state index is 9.86. The summed E-state index contributed by atoms with van der Waals surface area (Å²) in [5.41, 5.74) is 0. The van der Waals surface area contributed by atoms with Gasteiger partial charge in [-0.05, 0) is 13.1 Å². The van der Waals surface area contributed by atoms with Crippen LogP contribution in [0.3, 0.4) is 0 Å². The zero-order valence-corrected chi connectivity index (χ0v) is 6.53. The largest absolute Gasteiger partial charge is 0.313 e. The van der Waals surface area contributed by atoms with Gasteiger partial charge in [0.15, 0.2) is 0 Å². The van der Waals surface area contributed by atoms with Crippen molar-refractivity contribution in [1.29, 1.82) is 5.41 Å². The third-order valence-electron chi connectivity index (χ3n) is 1.06. The second-order valence-corrected chi connectivity index (χ2v) is 2.10. The van der Waals surface area contributed by atoms with Gasteiger partial charge in [0.05, 0.1) is 0 Å². The van der Waals surface area contributed by atoms with Crippen molar-refractivity contribution in [3.05, 3.63) is 29.2 Å². The fourth-order valence-corrected chi connectivity index (χ4v) is 0.485. The zero-order valence-electron chi connectivity index (χ0n) is 6.53. The average molecular weight is 152 g/mol. The summed E-state index contributed by atoms with van der Waals surface area (Å²) in [6.45, 7) is 1.72. The van der Waals surface area contributed by atoms with Crippen LogP contribution in [0, 0.1) is 10.3 Å². The molecule has 0 aromatic rings. The number of nitrogens with one attached hydrogen (secondary N) is 1. The van der Waals surface area contributed by atoms with Crippen molar-refractivity contribution < 1.29 is 0 Å². The first-order chi connectivity index (χ1) is 5.31. The molecule has 0 aromatic heterocycles. The summed E-state index contributed by atoms with van der Waals surface area (Å²) in [7, 11) is 0. The maximum atomic E-state index is 9.86. The van der Waals surface area contributed by atoms with Crippen LogP contribution in [0.5, 0.6) is 0 Å². The minimum atomic E-state index is -0.264. The molecular formula is C8H12N2O. The van der Waals surface area contributed by atoms with Gasteiger partial charge in [0.2, 0.25) is 0 Å². The van der Waals surface area contributed by atoms with E-state index in [9.17, 15) is 4.91 Å². The van der Waals surface area contributed by atoms with E-state index in [0.717, 1.165) is 0 Å². The van der Waals surface area contributed by atoms with Gasteiger partial charge in [0, 0.05) is 6.42 Å². The van der Waals surface area contributed by atoms with E-state index in [1.165, 1.54) is 6.21 Å². The molecule has 3 nitrogen and oxygen atoms in total. The molecule has 0 aliphatic heterocycles. The monoisotopic (exact) mass is 152 g/mol. The Labute approximate surface area is 66.3 Å². The van der Waals surface area contributed by atoms with E-state index in [2.05, 4.69) is 5.18 Å². The highest BCUT2D eigenvalue weighted by molar-refractivity contribution is 5.55. The predicted octanol–water partition coefficient (Wildman–Crippen LogP) is 2.29. The summed E-state index contributed by atoms with van der Waals surface area (Å²) in [4.78, 5) is 9.86. The molecule has 3 heteroatoms. The van der Waals surface area contributed by atoms with Crippen LogP contribution in [-0.4, -0.2) is 12.3 Å². The van der Waals surface area contributed by atoms with Crippen LogP contribution < -0.4 is 0 Å². The van der Waals surface area contributed by atoms with Gasteiger partial charge >= 0.3 is 0 Å².